The van der Waals surface area contributed by atoms with Crippen LogP contribution in [0.3, 0.4) is 0 Å². The maximum absolute atomic E-state index is 5.90. The molecular weight excluding hydrogens is 298 g/mol. The largest absolute Gasteiger partial charge is 0.439 e. The van der Waals surface area contributed by atoms with Crippen LogP contribution in [0.25, 0.3) is 22.4 Å². The molecule has 4 rings (SSSR count). The molecule has 0 unspecified atom stereocenters. The Morgan fingerprint density at radius 3 is 2.68 bits per heavy atom. The second-order valence-electron chi connectivity index (χ2n) is 4.99. The van der Waals surface area contributed by atoms with Crippen LogP contribution in [0.5, 0.6) is 0 Å². The number of hydrogen-bond acceptors (Lipinski definition) is 3. The number of imidazole rings is 1. The predicted octanol–water partition coefficient (Wildman–Crippen LogP) is 4.39. The average Bonchev–Trinajstić information content (AvgIpc) is 3.16. The lowest BCUT2D eigenvalue weighted by Crippen LogP contribution is -1.97. The molecule has 0 N–H and O–H groups in total. The van der Waals surface area contributed by atoms with E-state index in [9.17, 15) is 0 Å². The Bertz CT molecular complexity index is 924. The molecule has 108 valence electrons. The third kappa shape index (κ3) is 2.38. The van der Waals surface area contributed by atoms with Gasteiger partial charge in [0.1, 0.15) is 6.54 Å². The Morgan fingerprint density at radius 2 is 1.82 bits per heavy atom. The highest BCUT2D eigenvalue weighted by Crippen LogP contribution is 2.23. The lowest BCUT2D eigenvalue weighted by atomic mass is 10.2. The van der Waals surface area contributed by atoms with Gasteiger partial charge in [0.05, 0.1) is 23.6 Å². The molecule has 22 heavy (non-hydrogen) atoms. The maximum atomic E-state index is 5.90. The normalized spacial score (nSPS) is 11.1. The molecule has 0 fully saturated rings. The van der Waals surface area contributed by atoms with Crippen molar-refractivity contribution >= 4 is 22.6 Å². The van der Waals surface area contributed by atoms with Gasteiger partial charge >= 0.3 is 0 Å². The monoisotopic (exact) mass is 309 g/mol. The van der Waals surface area contributed by atoms with Crippen molar-refractivity contribution in [1.82, 2.24) is 14.5 Å². The van der Waals surface area contributed by atoms with E-state index in [4.69, 9.17) is 16.0 Å². The van der Waals surface area contributed by atoms with E-state index in [0.717, 1.165) is 22.4 Å². The van der Waals surface area contributed by atoms with E-state index in [1.54, 1.807) is 12.5 Å². The number of para-hydroxylation sites is 2. The quantitative estimate of drug-likeness (QED) is 0.563. The highest BCUT2D eigenvalue weighted by Gasteiger charge is 2.09. The summed E-state index contributed by atoms with van der Waals surface area (Å²) >= 11 is 5.90. The van der Waals surface area contributed by atoms with E-state index in [-0.39, 0.29) is 0 Å². The molecule has 2 heterocycles. The zero-order valence-electron chi connectivity index (χ0n) is 11.6. The molecule has 2 aromatic heterocycles. The molecule has 0 bridgehead atoms. The second kappa shape index (κ2) is 5.31. The van der Waals surface area contributed by atoms with Crippen molar-refractivity contribution in [3.63, 3.8) is 0 Å². The number of halogens is 1. The summed E-state index contributed by atoms with van der Waals surface area (Å²) in [4.78, 5) is 8.72. The van der Waals surface area contributed by atoms with Crippen molar-refractivity contribution in [2.75, 3.05) is 0 Å². The summed E-state index contributed by atoms with van der Waals surface area (Å²) in [5, 5.41) is 0.702. The van der Waals surface area contributed by atoms with E-state index in [2.05, 4.69) is 9.97 Å². The number of oxazole rings is 1. The van der Waals surface area contributed by atoms with E-state index >= 15 is 0 Å². The van der Waals surface area contributed by atoms with Crippen molar-refractivity contribution < 1.29 is 4.42 Å². The minimum atomic E-state index is 0.550. The summed E-state index contributed by atoms with van der Waals surface area (Å²) in [5.74, 6) is 1.38. The van der Waals surface area contributed by atoms with Crippen LogP contribution in [0.4, 0.5) is 0 Å². The molecule has 0 aliphatic carbocycles. The van der Waals surface area contributed by atoms with Crippen LogP contribution in [0, 0.1) is 0 Å². The molecule has 0 radical (unpaired) electrons. The minimum absolute atomic E-state index is 0.550. The summed E-state index contributed by atoms with van der Waals surface area (Å²) in [6.07, 6.45) is 3.54. The molecular formula is C17H12ClN3O. The molecule has 0 spiro atoms. The van der Waals surface area contributed by atoms with Gasteiger partial charge in [0.15, 0.2) is 5.76 Å². The number of benzene rings is 2. The van der Waals surface area contributed by atoms with Gasteiger partial charge < -0.3 is 8.98 Å². The standard InChI is InChI=1S/C17H12ClN3O/c18-13-7-5-12(6-8-13)16-9-19-17(22-16)10-21-11-20-14-3-1-2-4-15(14)21/h1-9,11H,10H2. The lowest BCUT2D eigenvalue weighted by molar-refractivity contribution is 0.492. The molecule has 0 amide bonds. The fourth-order valence-corrected chi connectivity index (χ4v) is 2.54. The molecule has 0 atom stereocenters. The number of fused-ring (bicyclic) bond motifs is 1. The van der Waals surface area contributed by atoms with E-state index in [1.807, 2.05) is 53.1 Å². The van der Waals surface area contributed by atoms with Crippen molar-refractivity contribution in [3.8, 4) is 11.3 Å². The molecule has 0 saturated carbocycles. The number of nitrogens with zero attached hydrogens (tertiary/aromatic N) is 3. The first-order chi connectivity index (χ1) is 10.8. The van der Waals surface area contributed by atoms with Crippen LogP contribution < -0.4 is 0 Å². The van der Waals surface area contributed by atoms with Gasteiger partial charge in [-0.05, 0) is 36.4 Å². The fraction of sp³-hybridized carbons (Fsp3) is 0.0588. The molecule has 0 aliphatic heterocycles. The van der Waals surface area contributed by atoms with E-state index < -0.39 is 0 Å². The highest BCUT2D eigenvalue weighted by molar-refractivity contribution is 6.30. The molecule has 0 aliphatic rings. The molecule has 4 aromatic rings. The van der Waals surface area contributed by atoms with Gasteiger partial charge in [-0.3, -0.25) is 0 Å². The minimum Gasteiger partial charge on any atom is -0.439 e. The van der Waals surface area contributed by atoms with Crippen molar-refractivity contribution in [2.24, 2.45) is 0 Å². The molecule has 0 saturated heterocycles. The first-order valence-electron chi connectivity index (χ1n) is 6.90. The molecule has 2 aromatic carbocycles. The fourth-order valence-electron chi connectivity index (χ4n) is 2.41. The third-order valence-electron chi connectivity index (χ3n) is 3.52. The average molecular weight is 310 g/mol. The number of aromatic nitrogens is 3. The summed E-state index contributed by atoms with van der Waals surface area (Å²) in [7, 11) is 0. The first-order valence-corrected chi connectivity index (χ1v) is 7.28. The smallest absolute Gasteiger partial charge is 0.214 e. The maximum Gasteiger partial charge on any atom is 0.214 e. The van der Waals surface area contributed by atoms with Gasteiger partial charge in [0, 0.05) is 10.6 Å². The van der Waals surface area contributed by atoms with Gasteiger partial charge in [-0.1, -0.05) is 23.7 Å². The Kier molecular flexibility index (Phi) is 3.16. The van der Waals surface area contributed by atoms with Crippen LogP contribution in [0.1, 0.15) is 5.89 Å². The zero-order chi connectivity index (χ0) is 14.9. The van der Waals surface area contributed by atoms with Crippen LogP contribution in [-0.4, -0.2) is 14.5 Å². The summed E-state index contributed by atoms with van der Waals surface area (Å²) < 4.78 is 7.85. The van der Waals surface area contributed by atoms with Crippen LogP contribution in [0.15, 0.2) is 65.5 Å². The lowest BCUT2D eigenvalue weighted by Gasteiger charge is -2.00. The number of rotatable bonds is 3. The Morgan fingerprint density at radius 1 is 1.00 bits per heavy atom. The third-order valence-corrected chi connectivity index (χ3v) is 3.77. The van der Waals surface area contributed by atoms with E-state index in [0.29, 0.717) is 17.5 Å². The second-order valence-corrected chi connectivity index (χ2v) is 5.42. The van der Waals surface area contributed by atoms with Crippen LogP contribution in [-0.2, 0) is 6.54 Å². The van der Waals surface area contributed by atoms with Gasteiger partial charge in [-0.2, -0.15) is 0 Å². The summed E-state index contributed by atoms with van der Waals surface area (Å²) in [6.45, 7) is 0.550. The summed E-state index contributed by atoms with van der Waals surface area (Å²) in [6, 6.07) is 15.5. The predicted molar refractivity (Wildman–Crippen MR) is 85.8 cm³/mol. The van der Waals surface area contributed by atoms with Gasteiger partial charge in [0.2, 0.25) is 5.89 Å². The van der Waals surface area contributed by atoms with E-state index in [1.165, 1.54) is 0 Å². The topological polar surface area (TPSA) is 43.9 Å². The highest BCUT2D eigenvalue weighted by atomic mass is 35.5. The first kappa shape index (κ1) is 13.1. The Balaban J connectivity index is 1.63. The Labute approximate surface area is 132 Å². The molecule has 4 nitrogen and oxygen atoms in total. The molecule has 5 heteroatoms. The van der Waals surface area contributed by atoms with Crippen LogP contribution >= 0.6 is 11.6 Å². The summed E-state index contributed by atoms with van der Waals surface area (Å²) in [5.41, 5.74) is 2.99. The number of hydrogen-bond donors (Lipinski definition) is 0. The zero-order valence-corrected chi connectivity index (χ0v) is 12.4. The van der Waals surface area contributed by atoms with Crippen molar-refractivity contribution in [1.29, 1.82) is 0 Å². The van der Waals surface area contributed by atoms with Crippen molar-refractivity contribution in [2.45, 2.75) is 6.54 Å². The van der Waals surface area contributed by atoms with Gasteiger partial charge in [-0.15, -0.1) is 0 Å². The van der Waals surface area contributed by atoms with Gasteiger partial charge in [-0.25, -0.2) is 9.97 Å². The van der Waals surface area contributed by atoms with Crippen LogP contribution in [0.2, 0.25) is 5.02 Å². The SMILES string of the molecule is Clc1ccc(-c2cnc(Cn3cnc4ccccc43)o2)cc1. The van der Waals surface area contributed by atoms with Crippen molar-refractivity contribution in [3.05, 3.63) is 72.0 Å². The Hall–Kier alpha value is -2.59. The van der Waals surface area contributed by atoms with Gasteiger partial charge in [0.25, 0.3) is 0 Å².